The number of benzene rings is 2. The van der Waals surface area contributed by atoms with E-state index >= 15 is 0 Å². The van der Waals surface area contributed by atoms with Crippen molar-refractivity contribution in [1.29, 1.82) is 0 Å². The van der Waals surface area contributed by atoms with E-state index in [9.17, 15) is 9.59 Å². The van der Waals surface area contributed by atoms with E-state index in [0.29, 0.717) is 39.6 Å². The van der Waals surface area contributed by atoms with Crippen LogP contribution in [0.4, 0.5) is 5.69 Å². The highest BCUT2D eigenvalue weighted by Crippen LogP contribution is 2.26. The van der Waals surface area contributed by atoms with E-state index in [1.165, 1.54) is 0 Å². The Morgan fingerprint density at radius 2 is 1.74 bits per heavy atom. The highest BCUT2D eigenvalue weighted by Gasteiger charge is 2.12. The van der Waals surface area contributed by atoms with Gasteiger partial charge < -0.3 is 15.4 Å². The molecular formula is C23H28BrN3O3S. The minimum Gasteiger partial charge on any atom is -0.492 e. The summed E-state index contributed by atoms with van der Waals surface area (Å²) >= 11 is 8.70. The molecule has 0 radical (unpaired) electrons. The van der Waals surface area contributed by atoms with Crippen LogP contribution in [0, 0.1) is 5.92 Å². The fourth-order valence-corrected chi connectivity index (χ4v) is 3.29. The Labute approximate surface area is 197 Å². The van der Waals surface area contributed by atoms with E-state index in [1.807, 2.05) is 13.8 Å². The van der Waals surface area contributed by atoms with Crippen molar-refractivity contribution in [1.82, 2.24) is 10.6 Å². The third-order valence-electron chi connectivity index (χ3n) is 4.18. The average molecular weight is 506 g/mol. The maximum atomic E-state index is 12.5. The average Bonchev–Trinajstić information content (AvgIpc) is 2.68. The quantitative estimate of drug-likeness (QED) is 0.432. The lowest BCUT2D eigenvalue weighted by Gasteiger charge is -2.13. The molecule has 3 N–H and O–H groups in total. The third kappa shape index (κ3) is 8.30. The molecular weight excluding hydrogens is 478 g/mol. The summed E-state index contributed by atoms with van der Waals surface area (Å²) < 4.78 is 6.45. The number of thiocarbonyl (C=S) groups is 1. The van der Waals surface area contributed by atoms with Crippen molar-refractivity contribution in [3.63, 3.8) is 0 Å². The van der Waals surface area contributed by atoms with Gasteiger partial charge in [0.15, 0.2) is 5.11 Å². The van der Waals surface area contributed by atoms with Gasteiger partial charge in [-0.25, -0.2) is 0 Å². The number of rotatable bonds is 8. The molecule has 0 aliphatic heterocycles. The van der Waals surface area contributed by atoms with Crippen molar-refractivity contribution in [3.05, 3.63) is 58.1 Å². The number of hydrogen-bond acceptors (Lipinski definition) is 4. The molecule has 0 aliphatic rings. The number of hydrogen-bond donors (Lipinski definition) is 3. The van der Waals surface area contributed by atoms with Crippen LogP contribution in [0.25, 0.3) is 0 Å². The second-order valence-corrected chi connectivity index (χ2v) is 9.06. The van der Waals surface area contributed by atoms with Gasteiger partial charge in [0, 0.05) is 22.9 Å². The molecule has 0 unspecified atom stereocenters. The Hall–Kier alpha value is -2.45. The molecule has 6 nitrogen and oxygen atoms in total. The zero-order chi connectivity index (χ0) is 23.0. The Morgan fingerprint density at radius 1 is 1.03 bits per heavy atom. The van der Waals surface area contributed by atoms with Gasteiger partial charge >= 0.3 is 0 Å². The standard InChI is InChI=1S/C23H28BrN3O3S/c1-14(2)10-11-30-20-9-8-17(13-19(20)24)22(29)27-23(31)26-18-7-5-6-16(12-18)21(28)25-15(3)4/h5-9,12-15H,10-11H2,1-4H3,(H,25,28)(H2,26,27,29,31). The molecule has 0 aliphatic carbocycles. The van der Waals surface area contributed by atoms with Crippen LogP contribution >= 0.6 is 28.1 Å². The van der Waals surface area contributed by atoms with Gasteiger partial charge in [-0.05, 0) is 90.7 Å². The van der Waals surface area contributed by atoms with Crippen LogP contribution in [0.2, 0.25) is 0 Å². The summed E-state index contributed by atoms with van der Waals surface area (Å²) in [5.41, 5.74) is 1.55. The summed E-state index contributed by atoms with van der Waals surface area (Å²) in [5.74, 6) is 0.729. The Morgan fingerprint density at radius 3 is 2.39 bits per heavy atom. The number of carbonyl (C=O) groups is 2. The molecule has 0 saturated heterocycles. The first-order valence-electron chi connectivity index (χ1n) is 10.1. The lowest BCUT2D eigenvalue weighted by atomic mass is 10.1. The molecule has 8 heteroatoms. The molecule has 2 amide bonds. The van der Waals surface area contributed by atoms with Crippen molar-refractivity contribution in [3.8, 4) is 5.75 Å². The van der Waals surface area contributed by atoms with Crippen molar-refractivity contribution >= 4 is 50.8 Å². The molecule has 0 heterocycles. The summed E-state index contributed by atoms with van der Waals surface area (Å²) in [6, 6.07) is 12.1. The normalized spacial score (nSPS) is 10.7. The van der Waals surface area contributed by atoms with Gasteiger partial charge in [-0.15, -0.1) is 0 Å². The summed E-state index contributed by atoms with van der Waals surface area (Å²) in [4.78, 5) is 24.7. The topological polar surface area (TPSA) is 79.5 Å². The number of halogens is 1. The smallest absolute Gasteiger partial charge is 0.257 e. The molecule has 2 rings (SSSR count). The molecule has 0 saturated carbocycles. The number of anilines is 1. The minimum atomic E-state index is -0.347. The van der Waals surface area contributed by atoms with Gasteiger partial charge in [0.05, 0.1) is 11.1 Å². The molecule has 0 atom stereocenters. The monoisotopic (exact) mass is 505 g/mol. The summed E-state index contributed by atoms with van der Waals surface area (Å²) in [6.45, 7) is 8.68. The Kier molecular flexibility index (Phi) is 9.45. The van der Waals surface area contributed by atoms with Gasteiger partial charge in [0.1, 0.15) is 5.75 Å². The number of carbonyl (C=O) groups excluding carboxylic acids is 2. The van der Waals surface area contributed by atoms with Crippen LogP contribution in [-0.2, 0) is 0 Å². The molecule has 0 fully saturated rings. The van der Waals surface area contributed by atoms with E-state index in [4.69, 9.17) is 17.0 Å². The molecule has 0 aromatic heterocycles. The number of amides is 2. The SMILES string of the molecule is CC(C)CCOc1ccc(C(=O)NC(=S)Nc2cccc(C(=O)NC(C)C)c2)cc1Br. The van der Waals surface area contributed by atoms with Crippen LogP contribution in [0.1, 0.15) is 54.8 Å². The second kappa shape index (κ2) is 11.8. The van der Waals surface area contributed by atoms with E-state index in [1.54, 1.807) is 42.5 Å². The van der Waals surface area contributed by atoms with E-state index in [0.717, 1.165) is 6.42 Å². The molecule has 2 aromatic carbocycles. The molecule has 0 spiro atoms. The maximum absolute atomic E-state index is 12.5. The summed E-state index contributed by atoms with van der Waals surface area (Å²) in [5, 5.41) is 8.56. The van der Waals surface area contributed by atoms with Crippen molar-refractivity contribution in [2.24, 2.45) is 5.92 Å². The minimum absolute atomic E-state index is 0.0378. The fourth-order valence-electron chi connectivity index (χ4n) is 2.59. The first kappa shape index (κ1) is 24.8. The van der Waals surface area contributed by atoms with Gasteiger partial charge in [-0.3, -0.25) is 14.9 Å². The lowest BCUT2D eigenvalue weighted by molar-refractivity contribution is 0.0941. The number of nitrogens with one attached hydrogen (secondary N) is 3. The van der Waals surface area contributed by atoms with Crippen molar-refractivity contribution in [2.45, 2.75) is 40.2 Å². The van der Waals surface area contributed by atoms with Crippen LogP contribution < -0.4 is 20.7 Å². The highest BCUT2D eigenvalue weighted by atomic mass is 79.9. The predicted molar refractivity (Wildman–Crippen MR) is 132 cm³/mol. The first-order valence-corrected chi connectivity index (χ1v) is 11.3. The van der Waals surface area contributed by atoms with E-state index in [2.05, 4.69) is 45.7 Å². The molecule has 31 heavy (non-hydrogen) atoms. The highest BCUT2D eigenvalue weighted by molar-refractivity contribution is 9.10. The van der Waals surface area contributed by atoms with Crippen LogP contribution in [0.5, 0.6) is 5.75 Å². The van der Waals surface area contributed by atoms with Crippen LogP contribution in [-0.4, -0.2) is 29.6 Å². The summed E-state index contributed by atoms with van der Waals surface area (Å²) in [6.07, 6.45) is 0.953. The fraction of sp³-hybridized carbons (Fsp3) is 0.348. The molecule has 0 bridgehead atoms. The summed E-state index contributed by atoms with van der Waals surface area (Å²) in [7, 11) is 0. The van der Waals surface area contributed by atoms with Crippen molar-refractivity contribution < 1.29 is 14.3 Å². The van der Waals surface area contributed by atoms with Crippen LogP contribution in [0.3, 0.4) is 0 Å². The van der Waals surface area contributed by atoms with Gasteiger partial charge in [-0.2, -0.15) is 0 Å². The van der Waals surface area contributed by atoms with Crippen LogP contribution in [0.15, 0.2) is 46.9 Å². The zero-order valence-corrected chi connectivity index (χ0v) is 20.5. The van der Waals surface area contributed by atoms with E-state index < -0.39 is 0 Å². The molecule has 2 aromatic rings. The van der Waals surface area contributed by atoms with Gasteiger partial charge in [0.25, 0.3) is 11.8 Å². The second-order valence-electron chi connectivity index (χ2n) is 7.79. The molecule has 166 valence electrons. The van der Waals surface area contributed by atoms with Gasteiger partial charge in [0.2, 0.25) is 0 Å². The maximum Gasteiger partial charge on any atom is 0.257 e. The largest absolute Gasteiger partial charge is 0.492 e. The lowest BCUT2D eigenvalue weighted by Crippen LogP contribution is -2.34. The third-order valence-corrected chi connectivity index (χ3v) is 5.00. The van der Waals surface area contributed by atoms with Gasteiger partial charge in [-0.1, -0.05) is 19.9 Å². The first-order chi connectivity index (χ1) is 14.7. The predicted octanol–water partition coefficient (Wildman–Crippen LogP) is 5.14. The van der Waals surface area contributed by atoms with E-state index in [-0.39, 0.29) is 23.0 Å². The Balaban J connectivity index is 1.96. The number of ether oxygens (including phenoxy) is 1. The Bertz CT molecular complexity index is 947. The zero-order valence-electron chi connectivity index (χ0n) is 18.1. The van der Waals surface area contributed by atoms with Crippen molar-refractivity contribution in [2.75, 3.05) is 11.9 Å².